The minimum absolute atomic E-state index is 0.0691. The van der Waals surface area contributed by atoms with Crippen LogP contribution in [0.15, 0.2) is 71.5 Å². The number of rotatable bonds is 3. The fraction of sp³-hybridized carbons (Fsp3) is 0.0476. The Morgan fingerprint density at radius 3 is 2.46 bits per heavy atom. The summed E-state index contributed by atoms with van der Waals surface area (Å²) in [6.07, 6.45) is 3.06. The molecule has 0 amide bonds. The number of aliphatic imine (C=N–C) groups is 1. The molecule has 0 saturated heterocycles. The highest BCUT2D eigenvalue weighted by Crippen LogP contribution is 2.26. The summed E-state index contributed by atoms with van der Waals surface area (Å²) in [5, 5.41) is 4.31. The van der Waals surface area contributed by atoms with Crippen molar-refractivity contribution in [2.24, 2.45) is 4.99 Å². The molecule has 0 aliphatic carbocycles. The van der Waals surface area contributed by atoms with E-state index >= 15 is 0 Å². The van der Waals surface area contributed by atoms with E-state index in [2.05, 4.69) is 10.1 Å². The van der Waals surface area contributed by atoms with Crippen molar-refractivity contribution in [2.75, 3.05) is 0 Å². The largest absolute Gasteiger partial charge is 0.402 e. The van der Waals surface area contributed by atoms with E-state index in [9.17, 15) is 14.0 Å². The topological polar surface area (TPSA) is 73.6 Å². The first-order valence-corrected chi connectivity index (χ1v) is 8.46. The monoisotopic (exact) mass is 375 g/mol. The first-order chi connectivity index (χ1) is 13.5. The van der Waals surface area contributed by atoms with Crippen LogP contribution >= 0.6 is 0 Å². The van der Waals surface area contributed by atoms with Crippen molar-refractivity contribution in [3.63, 3.8) is 0 Å². The Labute approximate surface area is 159 Å². The van der Waals surface area contributed by atoms with Crippen LogP contribution in [0.1, 0.15) is 22.8 Å². The molecule has 28 heavy (non-hydrogen) atoms. The molecule has 1 aliphatic rings. The number of hydrogen-bond donors (Lipinski definition) is 0. The highest BCUT2D eigenvalue weighted by molar-refractivity contribution is 6.13. The molecule has 3 aromatic rings. The van der Waals surface area contributed by atoms with Crippen LogP contribution in [0.2, 0.25) is 0 Å². The van der Waals surface area contributed by atoms with Gasteiger partial charge in [0, 0.05) is 29.8 Å². The molecule has 0 bridgehead atoms. The van der Waals surface area contributed by atoms with Crippen LogP contribution < -0.4 is 0 Å². The molecular weight excluding hydrogens is 361 g/mol. The highest BCUT2D eigenvalue weighted by atomic mass is 19.1. The molecule has 0 spiro atoms. The van der Waals surface area contributed by atoms with Gasteiger partial charge in [0.05, 0.1) is 0 Å². The van der Waals surface area contributed by atoms with Crippen LogP contribution in [0.3, 0.4) is 0 Å². The number of aromatic nitrogens is 2. The minimum Gasteiger partial charge on any atom is -0.402 e. The summed E-state index contributed by atoms with van der Waals surface area (Å²) in [6, 6.07) is 14.8. The molecule has 2 aromatic carbocycles. The van der Waals surface area contributed by atoms with Gasteiger partial charge in [0.25, 0.3) is 0 Å². The lowest BCUT2D eigenvalue weighted by atomic mass is 10.1. The number of hydrogen-bond acceptors (Lipinski definition) is 5. The van der Waals surface area contributed by atoms with Crippen molar-refractivity contribution in [3.8, 4) is 11.3 Å². The fourth-order valence-electron chi connectivity index (χ4n) is 2.75. The van der Waals surface area contributed by atoms with Crippen molar-refractivity contribution in [1.82, 2.24) is 9.78 Å². The lowest BCUT2D eigenvalue weighted by Gasteiger charge is -1.98. The van der Waals surface area contributed by atoms with Crippen LogP contribution in [-0.4, -0.2) is 27.6 Å². The van der Waals surface area contributed by atoms with Crippen molar-refractivity contribution >= 4 is 23.9 Å². The molecule has 0 radical (unpaired) electrons. The lowest BCUT2D eigenvalue weighted by Crippen LogP contribution is -2.05. The normalized spacial score (nSPS) is 14.9. The Balaban J connectivity index is 1.77. The quantitative estimate of drug-likeness (QED) is 0.517. The number of ether oxygens (including phenoxy) is 1. The Hall–Kier alpha value is -3.87. The summed E-state index contributed by atoms with van der Waals surface area (Å²) in [4.78, 5) is 28.2. The zero-order chi connectivity index (χ0) is 19.7. The van der Waals surface area contributed by atoms with Gasteiger partial charge in [0.2, 0.25) is 11.8 Å². The Morgan fingerprint density at radius 1 is 1.07 bits per heavy atom. The number of benzene rings is 2. The maximum atomic E-state index is 13.1. The lowest BCUT2D eigenvalue weighted by molar-refractivity contribution is -0.129. The first kappa shape index (κ1) is 17.5. The molecule has 6 nitrogen and oxygen atoms in total. The third-order valence-electron chi connectivity index (χ3n) is 4.12. The summed E-state index contributed by atoms with van der Waals surface area (Å²) in [7, 11) is 0. The van der Waals surface area contributed by atoms with Gasteiger partial charge in [-0.05, 0) is 30.3 Å². The van der Waals surface area contributed by atoms with Crippen molar-refractivity contribution in [2.45, 2.75) is 6.92 Å². The van der Waals surface area contributed by atoms with Gasteiger partial charge in [-0.25, -0.2) is 18.9 Å². The second kappa shape index (κ2) is 7.03. The van der Waals surface area contributed by atoms with E-state index in [0.29, 0.717) is 16.8 Å². The van der Waals surface area contributed by atoms with Crippen LogP contribution in [0, 0.1) is 5.82 Å². The number of cyclic esters (lactones) is 1. The van der Waals surface area contributed by atoms with E-state index in [1.165, 1.54) is 48.1 Å². The summed E-state index contributed by atoms with van der Waals surface area (Å²) in [5.74, 6) is -1.19. The minimum atomic E-state index is -0.631. The van der Waals surface area contributed by atoms with Crippen LogP contribution in [-0.2, 0) is 9.53 Å². The van der Waals surface area contributed by atoms with E-state index < -0.39 is 11.8 Å². The van der Waals surface area contributed by atoms with Crippen molar-refractivity contribution in [1.29, 1.82) is 0 Å². The Bertz CT molecular complexity index is 1130. The second-order valence-electron chi connectivity index (χ2n) is 6.11. The van der Waals surface area contributed by atoms with Crippen LogP contribution in [0.4, 0.5) is 4.39 Å². The standard InChI is InChI=1S/C21H14FN3O3/c1-13(26)25-12-16(19(24-25)14-5-3-2-4-6-14)11-18-21(27)28-20(23-18)15-7-9-17(22)10-8-15/h2-12H,1H3. The van der Waals surface area contributed by atoms with Gasteiger partial charge in [-0.3, -0.25) is 4.79 Å². The van der Waals surface area contributed by atoms with E-state index in [1.54, 1.807) is 0 Å². The number of carbonyl (C=O) groups excluding carboxylic acids is 2. The molecule has 1 aromatic heterocycles. The average molecular weight is 375 g/mol. The molecule has 0 unspecified atom stereocenters. The summed E-state index contributed by atoms with van der Waals surface area (Å²) in [5.41, 5.74) is 2.45. The predicted octanol–water partition coefficient (Wildman–Crippen LogP) is 3.69. The van der Waals surface area contributed by atoms with Gasteiger partial charge in [-0.2, -0.15) is 5.10 Å². The second-order valence-corrected chi connectivity index (χ2v) is 6.11. The number of halogens is 1. The van der Waals surface area contributed by atoms with Gasteiger partial charge in [-0.1, -0.05) is 30.3 Å². The first-order valence-electron chi connectivity index (χ1n) is 8.46. The Kier molecular flexibility index (Phi) is 4.41. The van der Waals surface area contributed by atoms with Crippen molar-refractivity contribution < 1.29 is 18.7 Å². The number of nitrogens with zero attached hydrogens (tertiary/aromatic N) is 3. The van der Waals surface area contributed by atoms with E-state index in [4.69, 9.17) is 4.74 Å². The molecule has 1 aliphatic heterocycles. The molecule has 0 saturated carbocycles. The maximum absolute atomic E-state index is 13.1. The fourth-order valence-corrected chi connectivity index (χ4v) is 2.75. The third-order valence-corrected chi connectivity index (χ3v) is 4.12. The number of carbonyl (C=O) groups is 2. The predicted molar refractivity (Wildman–Crippen MR) is 101 cm³/mol. The smallest absolute Gasteiger partial charge is 0.363 e. The van der Waals surface area contributed by atoms with Gasteiger partial charge < -0.3 is 4.74 Å². The summed E-state index contributed by atoms with van der Waals surface area (Å²) >= 11 is 0. The molecule has 0 N–H and O–H groups in total. The van der Waals surface area contributed by atoms with Gasteiger partial charge in [0.1, 0.15) is 11.5 Å². The van der Waals surface area contributed by atoms with Gasteiger partial charge >= 0.3 is 5.97 Å². The molecule has 0 fully saturated rings. The van der Waals surface area contributed by atoms with E-state index in [-0.39, 0.29) is 17.5 Å². The molecule has 2 heterocycles. The SMILES string of the molecule is CC(=O)n1cc(C=C2N=C(c3ccc(F)cc3)OC2=O)c(-c2ccccc2)n1. The Morgan fingerprint density at radius 2 is 1.79 bits per heavy atom. The molecule has 4 rings (SSSR count). The summed E-state index contributed by atoms with van der Waals surface area (Å²) < 4.78 is 19.5. The van der Waals surface area contributed by atoms with Crippen LogP contribution in [0.5, 0.6) is 0 Å². The van der Waals surface area contributed by atoms with E-state index in [0.717, 1.165) is 5.56 Å². The summed E-state index contributed by atoms with van der Waals surface area (Å²) in [6.45, 7) is 1.40. The maximum Gasteiger partial charge on any atom is 0.363 e. The highest BCUT2D eigenvalue weighted by Gasteiger charge is 2.25. The molecule has 138 valence electrons. The van der Waals surface area contributed by atoms with E-state index in [1.807, 2.05) is 30.3 Å². The average Bonchev–Trinajstić information content (AvgIpc) is 3.28. The third kappa shape index (κ3) is 3.37. The molecule has 7 heteroatoms. The number of esters is 1. The van der Waals surface area contributed by atoms with Crippen molar-refractivity contribution in [3.05, 3.63) is 83.4 Å². The molecule has 0 atom stereocenters. The zero-order valence-corrected chi connectivity index (χ0v) is 14.8. The molecular formula is C21H14FN3O3. The van der Waals surface area contributed by atoms with Gasteiger partial charge in [0.15, 0.2) is 5.70 Å². The van der Waals surface area contributed by atoms with Gasteiger partial charge in [-0.15, -0.1) is 0 Å². The van der Waals surface area contributed by atoms with Crippen LogP contribution in [0.25, 0.3) is 17.3 Å². The zero-order valence-electron chi connectivity index (χ0n) is 14.8.